The van der Waals surface area contributed by atoms with Crippen LogP contribution in [-0.2, 0) is 10.2 Å². The summed E-state index contributed by atoms with van der Waals surface area (Å²) < 4.78 is 26.9. The fourth-order valence-electron chi connectivity index (χ4n) is 2.19. The molecule has 112 valence electrons. The topological polar surface area (TPSA) is 65.5 Å². The third-order valence-corrected chi connectivity index (χ3v) is 4.86. The molecule has 20 heavy (non-hydrogen) atoms. The van der Waals surface area contributed by atoms with Crippen molar-refractivity contribution in [2.24, 2.45) is 0 Å². The van der Waals surface area contributed by atoms with E-state index in [1.54, 1.807) is 12.3 Å². The average Bonchev–Trinajstić information content (AvgIpc) is 2.68. The van der Waals surface area contributed by atoms with Gasteiger partial charge in [0.2, 0.25) is 0 Å². The molecule has 0 saturated carbocycles. The lowest BCUT2D eigenvalue weighted by Crippen LogP contribution is -2.29. The lowest BCUT2D eigenvalue weighted by Gasteiger charge is -2.22. The zero-order valence-electron chi connectivity index (χ0n) is 12.0. The molecule has 0 aliphatic carbocycles. The molecule has 1 N–H and O–H groups in total. The van der Waals surface area contributed by atoms with E-state index in [4.69, 9.17) is 0 Å². The van der Waals surface area contributed by atoms with Gasteiger partial charge in [0.05, 0.1) is 11.9 Å². The molecule has 2 heterocycles. The molecule has 1 aromatic rings. The van der Waals surface area contributed by atoms with Crippen LogP contribution >= 0.6 is 0 Å². The summed E-state index contributed by atoms with van der Waals surface area (Å²) in [5, 5.41) is 0. The van der Waals surface area contributed by atoms with Gasteiger partial charge in [-0.2, -0.15) is 12.7 Å². The highest BCUT2D eigenvalue weighted by molar-refractivity contribution is 7.90. The van der Waals surface area contributed by atoms with Gasteiger partial charge in [-0.15, -0.1) is 0 Å². The summed E-state index contributed by atoms with van der Waals surface area (Å²) in [6, 6.07) is 3.63. The number of hydrogen-bond donors (Lipinski definition) is 1. The van der Waals surface area contributed by atoms with Crippen LogP contribution in [0.15, 0.2) is 18.3 Å². The fraction of sp³-hybridized carbons (Fsp3) is 0.615. The van der Waals surface area contributed by atoms with Gasteiger partial charge in [-0.05, 0) is 25.0 Å². The largest absolute Gasteiger partial charge is 0.370 e. The Labute approximate surface area is 121 Å². The van der Waals surface area contributed by atoms with Gasteiger partial charge < -0.3 is 4.90 Å². The maximum atomic E-state index is 11.7. The molecule has 0 aromatic carbocycles. The van der Waals surface area contributed by atoms with E-state index < -0.39 is 10.2 Å². The maximum Gasteiger partial charge on any atom is 0.302 e. The molecular formula is C13H22N4O2S. The van der Waals surface area contributed by atoms with Gasteiger partial charge in [0, 0.05) is 27.2 Å². The van der Waals surface area contributed by atoms with Crippen LogP contribution in [0.25, 0.3) is 0 Å². The minimum Gasteiger partial charge on any atom is -0.370 e. The summed E-state index contributed by atoms with van der Waals surface area (Å²) in [6.07, 6.45) is 6.71. The van der Waals surface area contributed by atoms with Crippen LogP contribution in [0, 0.1) is 0 Å². The molecule has 0 amide bonds. The van der Waals surface area contributed by atoms with Crippen LogP contribution in [0.2, 0.25) is 0 Å². The van der Waals surface area contributed by atoms with E-state index >= 15 is 0 Å². The normalized spacial score (nSPS) is 17.1. The number of nitrogens with zero attached hydrogens (tertiary/aromatic N) is 3. The number of rotatable bonds is 4. The van der Waals surface area contributed by atoms with E-state index in [0.29, 0.717) is 5.82 Å². The van der Waals surface area contributed by atoms with Crippen LogP contribution in [0.5, 0.6) is 0 Å². The zero-order valence-corrected chi connectivity index (χ0v) is 12.9. The molecule has 1 aromatic heterocycles. The molecule has 0 atom stereocenters. The molecule has 0 unspecified atom stereocenters. The van der Waals surface area contributed by atoms with Crippen molar-refractivity contribution in [2.75, 3.05) is 36.8 Å². The molecule has 1 aliphatic heterocycles. The van der Waals surface area contributed by atoms with Gasteiger partial charge in [-0.3, -0.25) is 4.72 Å². The first-order valence-corrected chi connectivity index (χ1v) is 8.34. The van der Waals surface area contributed by atoms with E-state index in [-0.39, 0.29) is 0 Å². The van der Waals surface area contributed by atoms with Gasteiger partial charge in [0.15, 0.2) is 0 Å². The lowest BCUT2D eigenvalue weighted by atomic mass is 10.2. The number of nitrogens with one attached hydrogen (secondary N) is 1. The number of aromatic nitrogens is 1. The highest BCUT2D eigenvalue weighted by Crippen LogP contribution is 2.20. The first-order chi connectivity index (χ1) is 9.49. The second-order valence-electron chi connectivity index (χ2n) is 5.19. The standard InChI is InChI=1S/C13H22N4O2S/c1-16(2)20(18,19)15-13-8-7-12(11-14-13)17-9-5-3-4-6-10-17/h7-8,11H,3-6,9-10H2,1-2H3,(H,14,15). The van der Waals surface area contributed by atoms with Gasteiger partial charge in [0.1, 0.15) is 5.82 Å². The Morgan fingerprint density at radius 1 is 1.15 bits per heavy atom. The van der Waals surface area contributed by atoms with Crippen molar-refractivity contribution in [3.8, 4) is 0 Å². The Kier molecular flexibility index (Phi) is 4.82. The van der Waals surface area contributed by atoms with Crippen molar-refractivity contribution in [3.63, 3.8) is 0 Å². The van der Waals surface area contributed by atoms with E-state index in [2.05, 4.69) is 14.6 Å². The van der Waals surface area contributed by atoms with Crippen molar-refractivity contribution in [1.29, 1.82) is 0 Å². The van der Waals surface area contributed by atoms with Crippen LogP contribution in [0.3, 0.4) is 0 Å². The first kappa shape index (κ1) is 15.1. The van der Waals surface area contributed by atoms with Crippen LogP contribution in [-0.4, -0.2) is 44.9 Å². The van der Waals surface area contributed by atoms with E-state index in [9.17, 15) is 8.42 Å². The van der Waals surface area contributed by atoms with Crippen LogP contribution < -0.4 is 9.62 Å². The molecule has 2 rings (SSSR count). The third kappa shape index (κ3) is 3.83. The molecule has 1 saturated heterocycles. The maximum absolute atomic E-state index is 11.7. The Morgan fingerprint density at radius 2 is 1.80 bits per heavy atom. The summed E-state index contributed by atoms with van der Waals surface area (Å²) in [5.41, 5.74) is 1.06. The fourth-order valence-corrected chi connectivity index (χ4v) is 2.75. The van der Waals surface area contributed by atoms with Gasteiger partial charge in [-0.25, -0.2) is 4.98 Å². The van der Waals surface area contributed by atoms with E-state index in [1.807, 2.05) is 6.07 Å². The highest BCUT2D eigenvalue weighted by atomic mass is 32.2. The van der Waals surface area contributed by atoms with Crippen LogP contribution in [0.4, 0.5) is 11.5 Å². The quantitative estimate of drug-likeness (QED) is 0.918. The summed E-state index contributed by atoms with van der Waals surface area (Å²) >= 11 is 0. The molecule has 1 fully saturated rings. The van der Waals surface area contributed by atoms with Crippen LogP contribution in [0.1, 0.15) is 25.7 Å². The molecule has 0 bridgehead atoms. The lowest BCUT2D eigenvalue weighted by molar-refractivity contribution is 0.526. The van der Waals surface area contributed by atoms with Crippen molar-refractivity contribution in [3.05, 3.63) is 18.3 Å². The third-order valence-electron chi connectivity index (χ3n) is 3.43. The second kappa shape index (κ2) is 6.41. The Hall–Kier alpha value is -1.34. The van der Waals surface area contributed by atoms with Gasteiger partial charge in [-0.1, -0.05) is 12.8 Å². The Morgan fingerprint density at radius 3 is 2.30 bits per heavy atom. The average molecular weight is 298 g/mol. The van der Waals surface area contributed by atoms with Crippen molar-refractivity contribution >= 4 is 21.7 Å². The number of anilines is 2. The summed E-state index contributed by atoms with van der Waals surface area (Å²) in [4.78, 5) is 6.50. The van der Waals surface area contributed by atoms with Gasteiger partial charge in [0.25, 0.3) is 0 Å². The molecule has 1 aliphatic rings. The zero-order chi connectivity index (χ0) is 14.6. The predicted molar refractivity (Wildman–Crippen MR) is 81.1 cm³/mol. The van der Waals surface area contributed by atoms with Crippen molar-refractivity contribution < 1.29 is 8.42 Å². The van der Waals surface area contributed by atoms with E-state index in [0.717, 1.165) is 23.1 Å². The Balaban J connectivity index is 2.06. The smallest absolute Gasteiger partial charge is 0.302 e. The van der Waals surface area contributed by atoms with Crippen molar-refractivity contribution in [2.45, 2.75) is 25.7 Å². The molecule has 0 spiro atoms. The van der Waals surface area contributed by atoms with Gasteiger partial charge >= 0.3 is 10.2 Å². The first-order valence-electron chi connectivity index (χ1n) is 6.90. The minimum atomic E-state index is -3.49. The van der Waals surface area contributed by atoms with E-state index in [1.165, 1.54) is 39.8 Å². The second-order valence-corrected chi connectivity index (χ2v) is 7.08. The molecule has 7 heteroatoms. The molecule has 6 nitrogen and oxygen atoms in total. The Bertz CT molecular complexity index is 520. The van der Waals surface area contributed by atoms with Crippen molar-refractivity contribution in [1.82, 2.24) is 9.29 Å². The highest BCUT2D eigenvalue weighted by Gasteiger charge is 2.14. The molecular weight excluding hydrogens is 276 g/mol. The number of pyridine rings is 1. The number of hydrogen-bond acceptors (Lipinski definition) is 4. The molecule has 0 radical (unpaired) electrons. The summed E-state index contributed by atoms with van der Waals surface area (Å²) in [5.74, 6) is 0.345. The summed E-state index contributed by atoms with van der Waals surface area (Å²) in [7, 11) is -0.527. The predicted octanol–water partition coefficient (Wildman–Crippen LogP) is 1.68. The monoisotopic (exact) mass is 298 g/mol. The SMILES string of the molecule is CN(C)S(=O)(=O)Nc1ccc(N2CCCCCC2)cn1. The summed E-state index contributed by atoms with van der Waals surface area (Å²) in [6.45, 7) is 2.09. The minimum absolute atomic E-state index is 0.345.